The number of fused-ring (bicyclic) bond motifs is 2. The highest BCUT2D eigenvalue weighted by atomic mass is 35.5. The molecular formula is C17H29Cl2N5O2. The number of carbonyl (C=O) groups is 1. The number of aromatic nitrogens is 3. The van der Waals surface area contributed by atoms with Crippen molar-refractivity contribution in [1.82, 2.24) is 20.1 Å². The fraction of sp³-hybridized carbons (Fsp3) is 0.824. The Labute approximate surface area is 166 Å². The Balaban J connectivity index is 0.00000121. The predicted molar refractivity (Wildman–Crippen MR) is 102 cm³/mol. The van der Waals surface area contributed by atoms with Crippen LogP contribution in [0.15, 0.2) is 0 Å². The standard InChI is InChI=1S/C17H27N5O2.2ClH/c1-10-19-16(21-20-10)14-9-22(5-6-24-14)17(23)13-7-11-3-2-4-12(8-13)15(11)18;;/h11-15H,2-9,18H2,1H3,(H,19,20,21);2*1H. The Hall–Kier alpha value is -0.890. The van der Waals surface area contributed by atoms with Gasteiger partial charge in [0, 0.05) is 18.5 Å². The van der Waals surface area contributed by atoms with E-state index in [9.17, 15) is 4.79 Å². The average molecular weight is 406 g/mol. The first-order valence-corrected chi connectivity index (χ1v) is 9.16. The maximum Gasteiger partial charge on any atom is 0.225 e. The molecule has 3 unspecified atom stereocenters. The first-order chi connectivity index (χ1) is 11.6. The summed E-state index contributed by atoms with van der Waals surface area (Å²) in [6, 6.07) is 0.302. The number of nitrogens with two attached hydrogens (primary N) is 1. The topological polar surface area (TPSA) is 97.1 Å². The molecular weight excluding hydrogens is 377 g/mol. The molecule has 3 fully saturated rings. The lowest BCUT2D eigenvalue weighted by Gasteiger charge is -2.45. The summed E-state index contributed by atoms with van der Waals surface area (Å²) >= 11 is 0. The third kappa shape index (κ3) is 4.16. The van der Waals surface area contributed by atoms with Gasteiger partial charge in [0.25, 0.3) is 0 Å². The van der Waals surface area contributed by atoms with Crippen LogP contribution in [0, 0.1) is 24.7 Å². The minimum Gasteiger partial charge on any atom is -0.366 e. The lowest BCUT2D eigenvalue weighted by Crippen LogP contribution is -2.51. The van der Waals surface area contributed by atoms with Gasteiger partial charge in [0.05, 0.1) is 13.2 Å². The van der Waals surface area contributed by atoms with Crippen molar-refractivity contribution in [2.45, 2.75) is 51.2 Å². The third-order valence-electron chi connectivity index (χ3n) is 6.04. The third-order valence-corrected chi connectivity index (χ3v) is 6.04. The van der Waals surface area contributed by atoms with Crippen molar-refractivity contribution >= 4 is 30.7 Å². The van der Waals surface area contributed by atoms with Gasteiger partial charge in [0.15, 0.2) is 5.82 Å². The van der Waals surface area contributed by atoms with E-state index >= 15 is 0 Å². The lowest BCUT2D eigenvalue weighted by molar-refractivity contribution is -0.146. The zero-order valence-electron chi connectivity index (χ0n) is 15.1. The number of halogens is 2. The number of rotatable bonds is 2. The number of aromatic amines is 1. The predicted octanol–water partition coefficient (Wildman–Crippen LogP) is 2.01. The van der Waals surface area contributed by atoms with Gasteiger partial charge in [-0.1, -0.05) is 6.42 Å². The summed E-state index contributed by atoms with van der Waals surface area (Å²) < 4.78 is 5.78. The van der Waals surface area contributed by atoms with Gasteiger partial charge in [-0.3, -0.25) is 9.89 Å². The maximum absolute atomic E-state index is 13.1. The van der Waals surface area contributed by atoms with Crippen LogP contribution in [0.3, 0.4) is 0 Å². The van der Waals surface area contributed by atoms with Crippen molar-refractivity contribution in [2.75, 3.05) is 19.7 Å². The summed E-state index contributed by atoms with van der Waals surface area (Å²) in [6.45, 7) is 3.62. The number of H-pyrrole nitrogens is 1. The summed E-state index contributed by atoms with van der Waals surface area (Å²) in [5.41, 5.74) is 6.36. The molecule has 2 heterocycles. The number of nitrogens with zero attached hydrogens (tertiary/aromatic N) is 3. The van der Waals surface area contributed by atoms with E-state index in [4.69, 9.17) is 10.5 Å². The van der Waals surface area contributed by atoms with Crippen LogP contribution in [0.4, 0.5) is 0 Å². The van der Waals surface area contributed by atoms with Crippen molar-refractivity contribution in [3.05, 3.63) is 11.6 Å². The van der Waals surface area contributed by atoms with Crippen LogP contribution >= 0.6 is 24.8 Å². The van der Waals surface area contributed by atoms with E-state index in [0.717, 1.165) is 18.7 Å². The highest BCUT2D eigenvalue weighted by Crippen LogP contribution is 2.42. The van der Waals surface area contributed by atoms with Crippen LogP contribution in [0.2, 0.25) is 0 Å². The molecule has 3 N–H and O–H groups in total. The van der Waals surface area contributed by atoms with E-state index in [-0.39, 0.29) is 42.7 Å². The molecule has 1 aromatic rings. The fourth-order valence-electron chi connectivity index (χ4n) is 4.76. The average Bonchev–Trinajstić information content (AvgIpc) is 3.01. The fourth-order valence-corrected chi connectivity index (χ4v) is 4.76. The second-order valence-corrected chi connectivity index (χ2v) is 7.62. The van der Waals surface area contributed by atoms with Gasteiger partial charge in [-0.2, -0.15) is 5.10 Å². The molecule has 1 aromatic heterocycles. The highest BCUT2D eigenvalue weighted by Gasteiger charge is 2.42. The monoisotopic (exact) mass is 405 g/mol. The number of nitrogens with one attached hydrogen (secondary N) is 1. The lowest BCUT2D eigenvalue weighted by atomic mass is 9.65. The molecule has 4 rings (SSSR count). The Bertz CT molecular complexity index is 600. The van der Waals surface area contributed by atoms with Gasteiger partial charge < -0.3 is 15.4 Å². The number of carbonyl (C=O) groups excluding carboxylic acids is 1. The molecule has 2 aliphatic carbocycles. The molecule has 2 bridgehead atoms. The zero-order valence-corrected chi connectivity index (χ0v) is 16.7. The molecule has 148 valence electrons. The minimum absolute atomic E-state index is 0. The Morgan fingerprint density at radius 3 is 2.58 bits per heavy atom. The molecule has 0 aromatic carbocycles. The molecule has 26 heavy (non-hydrogen) atoms. The maximum atomic E-state index is 13.1. The van der Waals surface area contributed by atoms with E-state index in [1.165, 1.54) is 19.3 Å². The first-order valence-electron chi connectivity index (χ1n) is 9.16. The second-order valence-electron chi connectivity index (χ2n) is 7.62. The number of hydrogen-bond donors (Lipinski definition) is 2. The molecule has 0 spiro atoms. The van der Waals surface area contributed by atoms with Crippen molar-refractivity contribution in [3.8, 4) is 0 Å². The van der Waals surface area contributed by atoms with Gasteiger partial charge in [-0.25, -0.2) is 4.98 Å². The highest BCUT2D eigenvalue weighted by molar-refractivity contribution is 5.85. The van der Waals surface area contributed by atoms with E-state index in [1.54, 1.807) is 0 Å². The van der Waals surface area contributed by atoms with E-state index in [2.05, 4.69) is 15.2 Å². The van der Waals surface area contributed by atoms with E-state index in [1.807, 2.05) is 11.8 Å². The Morgan fingerprint density at radius 2 is 1.96 bits per heavy atom. The van der Waals surface area contributed by atoms with Crippen LogP contribution in [-0.2, 0) is 9.53 Å². The normalized spacial score (nSPS) is 33.8. The SMILES string of the molecule is Cc1nc(C2CN(C(=O)C3CC4CCCC(C3)C4N)CCO2)n[nH]1.Cl.Cl. The first kappa shape index (κ1) is 21.4. The summed E-state index contributed by atoms with van der Waals surface area (Å²) in [6.07, 6.45) is 5.33. The Morgan fingerprint density at radius 1 is 1.27 bits per heavy atom. The molecule has 2 saturated carbocycles. The van der Waals surface area contributed by atoms with Gasteiger partial charge in [0.1, 0.15) is 11.9 Å². The number of hydrogen-bond acceptors (Lipinski definition) is 5. The largest absolute Gasteiger partial charge is 0.366 e. The van der Waals surface area contributed by atoms with Crippen LogP contribution in [0.25, 0.3) is 0 Å². The van der Waals surface area contributed by atoms with Gasteiger partial charge in [-0.05, 0) is 44.4 Å². The smallest absolute Gasteiger partial charge is 0.225 e. The number of amides is 1. The molecule has 0 radical (unpaired) electrons. The van der Waals surface area contributed by atoms with Crippen LogP contribution in [0.1, 0.15) is 49.9 Å². The van der Waals surface area contributed by atoms with Gasteiger partial charge in [-0.15, -0.1) is 24.8 Å². The van der Waals surface area contributed by atoms with Crippen molar-refractivity contribution in [3.63, 3.8) is 0 Å². The quantitative estimate of drug-likeness (QED) is 0.783. The van der Waals surface area contributed by atoms with Crippen LogP contribution < -0.4 is 5.73 Å². The Kier molecular flexibility index (Phi) is 7.30. The van der Waals surface area contributed by atoms with Crippen LogP contribution in [0.5, 0.6) is 0 Å². The van der Waals surface area contributed by atoms with Crippen molar-refractivity contribution in [1.29, 1.82) is 0 Å². The summed E-state index contributed by atoms with van der Waals surface area (Å²) in [5.74, 6) is 2.88. The summed E-state index contributed by atoms with van der Waals surface area (Å²) in [5, 5.41) is 7.03. The zero-order chi connectivity index (χ0) is 16.7. The number of morpholine rings is 1. The van der Waals surface area contributed by atoms with E-state index < -0.39 is 0 Å². The summed E-state index contributed by atoms with van der Waals surface area (Å²) in [7, 11) is 0. The van der Waals surface area contributed by atoms with E-state index in [0.29, 0.717) is 43.4 Å². The molecule has 7 nitrogen and oxygen atoms in total. The molecule has 1 amide bonds. The van der Waals surface area contributed by atoms with Crippen LogP contribution in [-0.4, -0.2) is 51.7 Å². The molecule has 1 saturated heterocycles. The molecule has 9 heteroatoms. The molecule has 3 atom stereocenters. The second kappa shape index (κ2) is 8.87. The summed E-state index contributed by atoms with van der Waals surface area (Å²) in [4.78, 5) is 19.4. The van der Waals surface area contributed by atoms with Crippen molar-refractivity contribution in [2.24, 2.45) is 23.5 Å². The number of ether oxygens (including phenoxy) is 1. The van der Waals surface area contributed by atoms with Gasteiger partial charge in [0.2, 0.25) is 5.91 Å². The molecule has 1 aliphatic heterocycles. The molecule has 3 aliphatic rings. The number of aryl methyl sites for hydroxylation is 1. The minimum atomic E-state index is -0.224. The van der Waals surface area contributed by atoms with Crippen molar-refractivity contribution < 1.29 is 9.53 Å². The van der Waals surface area contributed by atoms with Gasteiger partial charge >= 0.3 is 0 Å².